The van der Waals surface area contributed by atoms with Crippen LogP contribution in [0.1, 0.15) is 31.5 Å². The number of unbranched alkanes of at least 4 members (excludes halogenated alkanes) is 3. The first-order valence-corrected chi connectivity index (χ1v) is 5.34. The molecule has 1 rings (SSSR count). The molecule has 7 nitrogen and oxygen atoms in total. The Labute approximate surface area is 93.4 Å². The summed E-state index contributed by atoms with van der Waals surface area (Å²) in [5.74, 6) is 0.330. The van der Waals surface area contributed by atoms with Crippen molar-refractivity contribution in [1.82, 2.24) is 9.97 Å². The average Bonchev–Trinajstić information content (AvgIpc) is 2.59. The zero-order valence-corrected chi connectivity index (χ0v) is 9.11. The molecule has 0 unspecified atom stereocenters. The summed E-state index contributed by atoms with van der Waals surface area (Å²) in [6, 6.07) is 0. The van der Waals surface area contributed by atoms with Gasteiger partial charge in [0.2, 0.25) is 5.82 Å². The summed E-state index contributed by atoms with van der Waals surface area (Å²) in [5, 5.41) is 10.5. The van der Waals surface area contributed by atoms with Gasteiger partial charge in [-0.3, -0.25) is 0 Å². The molecule has 1 aromatic rings. The Balaban J connectivity index is 2.37. The van der Waals surface area contributed by atoms with Crippen LogP contribution in [-0.2, 0) is 6.42 Å². The molecule has 0 amide bonds. The van der Waals surface area contributed by atoms with Gasteiger partial charge >= 0.3 is 5.82 Å². The monoisotopic (exact) mass is 227 g/mol. The summed E-state index contributed by atoms with van der Waals surface area (Å²) in [4.78, 5) is 16.5. The molecule has 0 aliphatic rings. The zero-order valence-electron chi connectivity index (χ0n) is 9.11. The summed E-state index contributed by atoms with van der Waals surface area (Å²) in [5.41, 5.74) is 10.8. The second-order valence-electron chi connectivity index (χ2n) is 3.63. The lowest BCUT2D eigenvalue weighted by Gasteiger charge is -1.95. The van der Waals surface area contributed by atoms with Gasteiger partial charge in [-0.2, -0.15) is 4.98 Å². The molecule has 0 fully saturated rings. The third kappa shape index (κ3) is 3.50. The van der Waals surface area contributed by atoms with Crippen LogP contribution >= 0.6 is 0 Å². The van der Waals surface area contributed by atoms with Gasteiger partial charge in [0, 0.05) is 6.42 Å². The van der Waals surface area contributed by atoms with Crippen LogP contribution in [0.4, 0.5) is 11.6 Å². The van der Waals surface area contributed by atoms with Crippen LogP contribution in [0, 0.1) is 10.1 Å². The highest BCUT2D eigenvalue weighted by Crippen LogP contribution is 2.18. The first-order valence-electron chi connectivity index (χ1n) is 5.34. The van der Waals surface area contributed by atoms with Gasteiger partial charge in [0.15, 0.2) is 5.82 Å². The number of H-pyrrole nitrogens is 1. The van der Waals surface area contributed by atoms with Crippen molar-refractivity contribution in [3.05, 3.63) is 15.9 Å². The normalized spacial score (nSPS) is 10.6. The molecule has 0 aliphatic heterocycles. The number of nitrogen functional groups attached to an aromatic ring is 1. The highest BCUT2D eigenvalue weighted by atomic mass is 16.6. The number of hydrogen-bond acceptors (Lipinski definition) is 5. The van der Waals surface area contributed by atoms with E-state index < -0.39 is 4.92 Å². The number of aromatic amines is 1. The van der Waals surface area contributed by atoms with Gasteiger partial charge in [-0.15, -0.1) is 0 Å². The molecule has 0 saturated heterocycles. The number of rotatable bonds is 7. The maximum absolute atomic E-state index is 10.5. The van der Waals surface area contributed by atoms with Crippen molar-refractivity contribution < 1.29 is 4.92 Å². The molecule has 5 N–H and O–H groups in total. The summed E-state index contributed by atoms with van der Waals surface area (Å²) in [6.45, 7) is 0.708. The summed E-state index contributed by atoms with van der Waals surface area (Å²) < 4.78 is 0. The molecular weight excluding hydrogens is 210 g/mol. The molecule has 0 spiro atoms. The molecule has 0 aliphatic carbocycles. The molecule has 0 bridgehead atoms. The van der Waals surface area contributed by atoms with Crippen LogP contribution in [0.2, 0.25) is 0 Å². The van der Waals surface area contributed by atoms with Crippen LogP contribution in [0.25, 0.3) is 0 Å². The van der Waals surface area contributed by atoms with Gasteiger partial charge in [-0.05, 0) is 24.3 Å². The fourth-order valence-electron chi connectivity index (χ4n) is 1.47. The molecule has 0 atom stereocenters. The van der Waals surface area contributed by atoms with Gasteiger partial charge in [0.1, 0.15) is 0 Å². The number of nitrogens with zero attached hydrogens (tertiary/aromatic N) is 2. The van der Waals surface area contributed by atoms with Gasteiger partial charge in [-0.1, -0.05) is 12.8 Å². The van der Waals surface area contributed by atoms with E-state index in [-0.39, 0.29) is 11.6 Å². The number of nitrogens with two attached hydrogens (primary N) is 2. The minimum atomic E-state index is -0.555. The van der Waals surface area contributed by atoms with Gasteiger partial charge in [0.25, 0.3) is 0 Å². The van der Waals surface area contributed by atoms with E-state index in [4.69, 9.17) is 11.5 Å². The molecular formula is C9H17N5O2. The van der Waals surface area contributed by atoms with Crippen molar-refractivity contribution in [3.8, 4) is 0 Å². The maximum atomic E-state index is 10.5. The van der Waals surface area contributed by atoms with Gasteiger partial charge in [-0.25, -0.2) is 4.98 Å². The molecule has 1 aromatic heterocycles. The number of nitrogens with one attached hydrogen (secondary N) is 1. The molecule has 90 valence electrons. The van der Waals surface area contributed by atoms with Crippen LogP contribution < -0.4 is 11.5 Å². The molecule has 7 heteroatoms. The van der Waals surface area contributed by atoms with E-state index in [0.717, 1.165) is 25.7 Å². The third-order valence-corrected chi connectivity index (χ3v) is 2.31. The lowest BCUT2D eigenvalue weighted by atomic mass is 10.1. The van der Waals surface area contributed by atoms with Crippen molar-refractivity contribution in [2.75, 3.05) is 12.3 Å². The lowest BCUT2D eigenvalue weighted by Crippen LogP contribution is -1.98. The Morgan fingerprint density at radius 3 is 2.56 bits per heavy atom. The highest BCUT2D eigenvalue weighted by Gasteiger charge is 2.16. The lowest BCUT2D eigenvalue weighted by molar-refractivity contribution is -0.388. The number of aromatic nitrogens is 2. The Bertz CT molecular complexity index is 350. The predicted molar refractivity (Wildman–Crippen MR) is 60.9 cm³/mol. The van der Waals surface area contributed by atoms with E-state index in [0.29, 0.717) is 18.8 Å². The average molecular weight is 227 g/mol. The highest BCUT2D eigenvalue weighted by molar-refractivity contribution is 5.47. The number of hydrogen-bond donors (Lipinski definition) is 3. The summed E-state index contributed by atoms with van der Waals surface area (Å²) in [7, 11) is 0. The van der Waals surface area contributed by atoms with Crippen molar-refractivity contribution >= 4 is 11.6 Å². The SMILES string of the molecule is NCCCCCCc1nc(N)c([N+](=O)[O-])[nH]1. The van der Waals surface area contributed by atoms with E-state index in [1.807, 2.05) is 0 Å². The zero-order chi connectivity index (χ0) is 12.0. The van der Waals surface area contributed by atoms with Gasteiger partial charge < -0.3 is 21.6 Å². The molecule has 0 saturated carbocycles. The Morgan fingerprint density at radius 2 is 2.00 bits per heavy atom. The van der Waals surface area contributed by atoms with E-state index in [2.05, 4.69) is 9.97 Å². The van der Waals surface area contributed by atoms with Crippen LogP contribution in [-0.4, -0.2) is 21.4 Å². The van der Waals surface area contributed by atoms with Crippen molar-refractivity contribution in [3.63, 3.8) is 0 Å². The molecule has 0 radical (unpaired) electrons. The quantitative estimate of drug-likeness (QED) is 0.363. The Morgan fingerprint density at radius 1 is 1.31 bits per heavy atom. The largest absolute Gasteiger partial charge is 0.377 e. The fourth-order valence-corrected chi connectivity index (χ4v) is 1.47. The van der Waals surface area contributed by atoms with Crippen molar-refractivity contribution in [1.29, 1.82) is 0 Å². The first-order chi connectivity index (χ1) is 7.65. The van der Waals surface area contributed by atoms with Crippen LogP contribution in [0.3, 0.4) is 0 Å². The van der Waals surface area contributed by atoms with E-state index >= 15 is 0 Å². The minimum Gasteiger partial charge on any atom is -0.377 e. The first kappa shape index (κ1) is 12.4. The number of anilines is 1. The predicted octanol–water partition coefficient (Wildman–Crippen LogP) is 0.962. The fraction of sp³-hybridized carbons (Fsp3) is 0.667. The maximum Gasteiger partial charge on any atom is 0.364 e. The Hall–Kier alpha value is -1.63. The topological polar surface area (TPSA) is 124 Å². The third-order valence-electron chi connectivity index (χ3n) is 2.31. The minimum absolute atomic E-state index is 0.0399. The van der Waals surface area contributed by atoms with Gasteiger partial charge in [0.05, 0.1) is 0 Å². The standard InChI is InChI=1S/C9H17N5O2/c10-6-4-2-1-3-5-7-12-8(11)9(13-7)14(15)16/h1-6,10-11H2,(H,12,13). The van der Waals surface area contributed by atoms with E-state index in [9.17, 15) is 10.1 Å². The second-order valence-corrected chi connectivity index (χ2v) is 3.63. The molecule has 0 aromatic carbocycles. The smallest absolute Gasteiger partial charge is 0.364 e. The number of imidazole rings is 1. The molecule has 16 heavy (non-hydrogen) atoms. The van der Waals surface area contributed by atoms with Crippen LogP contribution in [0.5, 0.6) is 0 Å². The summed E-state index contributed by atoms with van der Waals surface area (Å²) >= 11 is 0. The second kappa shape index (κ2) is 6.06. The van der Waals surface area contributed by atoms with Crippen molar-refractivity contribution in [2.45, 2.75) is 32.1 Å². The summed E-state index contributed by atoms with van der Waals surface area (Å²) in [6.07, 6.45) is 4.76. The van der Waals surface area contributed by atoms with E-state index in [1.54, 1.807) is 0 Å². The van der Waals surface area contributed by atoms with Crippen LogP contribution in [0.15, 0.2) is 0 Å². The Kier molecular flexibility index (Phi) is 4.71. The van der Waals surface area contributed by atoms with Crippen molar-refractivity contribution in [2.24, 2.45) is 5.73 Å². The number of aryl methyl sites for hydroxylation is 1. The number of nitro groups is 1. The molecule has 1 heterocycles. The van der Waals surface area contributed by atoms with E-state index in [1.165, 1.54) is 0 Å².